The van der Waals surface area contributed by atoms with Gasteiger partial charge in [-0.2, -0.15) is 0 Å². The topological polar surface area (TPSA) is 50.8 Å². The van der Waals surface area contributed by atoms with Gasteiger partial charge in [-0.1, -0.05) is 37.3 Å². The molecule has 2 atom stereocenters. The van der Waals surface area contributed by atoms with Crippen molar-refractivity contribution < 1.29 is 14.3 Å². The van der Waals surface area contributed by atoms with Gasteiger partial charge in [0.2, 0.25) is 5.91 Å². The average Bonchev–Trinajstić information content (AvgIpc) is 2.72. The number of hydrogen-bond donors (Lipinski definition) is 1. The summed E-state index contributed by atoms with van der Waals surface area (Å²) in [7, 11) is 5.17. The van der Waals surface area contributed by atoms with E-state index >= 15 is 0 Å². The molecule has 0 radical (unpaired) electrons. The highest BCUT2D eigenvalue weighted by atomic mass is 16.5. The maximum Gasteiger partial charge on any atom is 0.227 e. The molecule has 0 saturated heterocycles. The number of rotatable bonds is 6. The van der Waals surface area contributed by atoms with Gasteiger partial charge in [-0.05, 0) is 42.3 Å². The molecule has 0 bridgehead atoms. The Kier molecular flexibility index (Phi) is 6.01. The van der Waals surface area contributed by atoms with E-state index < -0.39 is 0 Å². The molecule has 2 unspecified atom stereocenters. The third-order valence-corrected chi connectivity index (χ3v) is 5.20. The standard InChI is InChI=1S/C22H28N2O3/c1-15(14-23-2)22(25)24-11-10-17-12-19(26-3)20(27-4)13-18(17)21(24)16-8-6-5-7-9-16/h5-9,12-13,15,21,23H,10-11,14H2,1-4H3. The molecule has 0 saturated carbocycles. The maximum absolute atomic E-state index is 13.2. The van der Waals surface area contributed by atoms with Crippen LogP contribution >= 0.6 is 0 Å². The summed E-state index contributed by atoms with van der Waals surface area (Å²) >= 11 is 0. The first-order valence-corrected chi connectivity index (χ1v) is 9.35. The van der Waals surface area contributed by atoms with Gasteiger partial charge in [0.15, 0.2) is 11.5 Å². The van der Waals surface area contributed by atoms with Gasteiger partial charge >= 0.3 is 0 Å². The minimum atomic E-state index is -0.124. The van der Waals surface area contributed by atoms with E-state index in [0.717, 1.165) is 23.3 Å². The Labute approximate surface area is 161 Å². The van der Waals surface area contributed by atoms with E-state index in [1.165, 1.54) is 5.56 Å². The Balaban J connectivity index is 2.09. The van der Waals surface area contributed by atoms with Crippen LogP contribution in [0, 0.1) is 5.92 Å². The smallest absolute Gasteiger partial charge is 0.227 e. The summed E-state index contributed by atoms with van der Waals surface area (Å²) in [5, 5.41) is 3.11. The second-order valence-corrected chi connectivity index (χ2v) is 6.96. The van der Waals surface area contributed by atoms with Crippen LogP contribution in [0.15, 0.2) is 42.5 Å². The number of carbonyl (C=O) groups is 1. The molecule has 27 heavy (non-hydrogen) atoms. The molecular formula is C22H28N2O3. The summed E-state index contributed by atoms with van der Waals surface area (Å²) in [4.78, 5) is 15.2. The number of methoxy groups -OCH3 is 2. The average molecular weight is 368 g/mol. The van der Waals surface area contributed by atoms with Crippen molar-refractivity contribution >= 4 is 5.91 Å². The fraction of sp³-hybridized carbons (Fsp3) is 0.409. The molecule has 1 aliphatic rings. The van der Waals surface area contributed by atoms with Crippen LogP contribution in [-0.2, 0) is 11.2 Å². The monoisotopic (exact) mass is 368 g/mol. The van der Waals surface area contributed by atoms with Crippen LogP contribution in [0.3, 0.4) is 0 Å². The van der Waals surface area contributed by atoms with Gasteiger partial charge in [0.25, 0.3) is 0 Å². The molecule has 1 heterocycles. The third kappa shape index (κ3) is 3.78. The van der Waals surface area contributed by atoms with Crippen molar-refractivity contribution in [2.24, 2.45) is 5.92 Å². The van der Waals surface area contributed by atoms with Crippen LogP contribution < -0.4 is 14.8 Å². The minimum Gasteiger partial charge on any atom is -0.493 e. The SMILES string of the molecule is CNCC(C)C(=O)N1CCc2cc(OC)c(OC)cc2C1c1ccccc1. The molecule has 1 aliphatic heterocycles. The maximum atomic E-state index is 13.2. The molecular weight excluding hydrogens is 340 g/mol. The lowest BCUT2D eigenvalue weighted by Gasteiger charge is -2.39. The molecule has 1 N–H and O–H groups in total. The van der Waals surface area contributed by atoms with E-state index in [0.29, 0.717) is 18.8 Å². The van der Waals surface area contributed by atoms with Crippen molar-refractivity contribution in [2.45, 2.75) is 19.4 Å². The fourth-order valence-electron chi connectivity index (χ4n) is 3.85. The Bertz CT molecular complexity index is 792. The van der Waals surface area contributed by atoms with E-state index in [4.69, 9.17) is 9.47 Å². The van der Waals surface area contributed by atoms with E-state index in [1.54, 1.807) is 14.2 Å². The van der Waals surface area contributed by atoms with E-state index in [1.807, 2.05) is 49.2 Å². The summed E-state index contributed by atoms with van der Waals surface area (Å²) in [5.74, 6) is 1.50. The fourth-order valence-corrected chi connectivity index (χ4v) is 3.85. The van der Waals surface area contributed by atoms with Crippen LogP contribution in [0.5, 0.6) is 11.5 Å². The zero-order chi connectivity index (χ0) is 19.4. The van der Waals surface area contributed by atoms with Crippen molar-refractivity contribution in [1.82, 2.24) is 10.2 Å². The van der Waals surface area contributed by atoms with Gasteiger partial charge in [-0.15, -0.1) is 0 Å². The molecule has 3 rings (SSSR count). The van der Waals surface area contributed by atoms with E-state index in [9.17, 15) is 4.79 Å². The van der Waals surface area contributed by atoms with E-state index in [-0.39, 0.29) is 17.9 Å². The second-order valence-electron chi connectivity index (χ2n) is 6.96. The first kappa shape index (κ1) is 19.2. The predicted octanol–water partition coefficient (Wildman–Crippen LogP) is 3.03. The van der Waals surface area contributed by atoms with Gasteiger partial charge < -0.3 is 19.7 Å². The summed E-state index contributed by atoms with van der Waals surface area (Å²) in [6.45, 7) is 3.33. The minimum absolute atomic E-state index is 0.0806. The predicted molar refractivity (Wildman–Crippen MR) is 106 cm³/mol. The highest BCUT2D eigenvalue weighted by molar-refractivity contribution is 5.80. The lowest BCUT2D eigenvalue weighted by atomic mass is 9.87. The number of carbonyl (C=O) groups excluding carboxylic acids is 1. The number of amides is 1. The summed E-state index contributed by atoms with van der Waals surface area (Å²) in [6.07, 6.45) is 0.803. The molecule has 1 amide bonds. The first-order chi connectivity index (χ1) is 13.1. The Morgan fingerprint density at radius 3 is 2.48 bits per heavy atom. The highest BCUT2D eigenvalue weighted by Crippen LogP contribution is 2.41. The lowest BCUT2D eigenvalue weighted by molar-refractivity contribution is -0.137. The molecule has 0 aliphatic carbocycles. The lowest BCUT2D eigenvalue weighted by Crippen LogP contribution is -2.44. The number of nitrogens with one attached hydrogen (secondary N) is 1. The number of ether oxygens (including phenoxy) is 2. The van der Waals surface area contributed by atoms with Crippen molar-refractivity contribution in [3.05, 3.63) is 59.2 Å². The summed E-state index contributed by atoms with van der Waals surface area (Å²) in [6, 6.07) is 14.1. The van der Waals surface area contributed by atoms with Crippen LogP contribution in [-0.4, -0.2) is 45.2 Å². The molecule has 0 aromatic heterocycles. The van der Waals surface area contributed by atoms with Gasteiger partial charge in [0, 0.05) is 19.0 Å². The van der Waals surface area contributed by atoms with Gasteiger partial charge in [-0.25, -0.2) is 0 Å². The highest BCUT2D eigenvalue weighted by Gasteiger charge is 2.34. The summed E-state index contributed by atoms with van der Waals surface area (Å²) in [5.41, 5.74) is 3.41. The van der Waals surface area contributed by atoms with E-state index in [2.05, 4.69) is 17.4 Å². The Hall–Kier alpha value is -2.53. The molecule has 5 nitrogen and oxygen atoms in total. The van der Waals surface area contributed by atoms with Crippen molar-refractivity contribution in [3.8, 4) is 11.5 Å². The normalized spacial score (nSPS) is 17.2. The number of fused-ring (bicyclic) bond motifs is 1. The molecule has 2 aromatic carbocycles. The molecule has 0 spiro atoms. The van der Waals surface area contributed by atoms with Crippen LogP contribution in [0.4, 0.5) is 0 Å². The van der Waals surface area contributed by atoms with Gasteiger partial charge in [-0.3, -0.25) is 4.79 Å². The van der Waals surface area contributed by atoms with Crippen LogP contribution in [0.2, 0.25) is 0 Å². The van der Waals surface area contributed by atoms with Crippen molar-refractivity contribution in [1.29, 1.82) is 0 Å². The van der Waals surface area contributed by atoms with Crippen molar-refractivity contribution in [2.75, 3.05) is 34.4 Å². The Morgan fingerprint density at radius 2 is 1.85 bits per heavy atom. The molecule has 2 aromatic rings. The quantitative estimate of drug-likeness (QED) is 0.852. The second kappa shape index (κ2) is 8.44. The van der Waals surface area contributed by atoms with Crippen LogP contribution in [0.1, 0.15) is 29.7 Å². The number of nitrogens with zero attached hydrogens (tertiary/aromatic N) is 1. The molecule has 0 fully saturated rings. The van der Waals surface area contributed by atoms with Gasteiger partial charge in [0.05, 0.1) is 20.3 Å². The summed E-state index contributed by atoms with van der Waals surface area (Å²) < 4.78 is 11.0. The number of benzene rings is 2. The molecule has 5 heteroatoms. The Morgan fingerprint density at radius 1 is 1.19 bits per heavy atom. The first-order valence-electron chi connectivity index (χ1n) is 9.35. The zero-order valence-corrected chi connectivity index (χ0v) is 16.5. The van der Waals surface area contributed by atoms with Crippen LogP contribution in [0.25, 0.3) is 0 Å². The third-order valence-electron chi connectivity index (χ3n) is 5.20. The molecule has 144 valence electrons. The zero-order valence-electron chi connectivity index (χ0n) is 16.5. The van der Waals surface area contributed by atoms with Gasteiger partial charge in [0.1, 0.15) is 0 Å². The largest absolute Gasteiger partial charge is 0.493 e. The number of hydrogen-bond acceptors (Lipinski definition) is 4. The van der Waals surface area contributed by atoms with Crippen molar-refractivity contribution in [3.63, 3.8) is 0 Å².